The Kier molecular flexibility index (Phi) is 4.79. The molecule has 158 valence electrons. The van der Waals surface area contributed by atoms with Gasteiger partial charge in [0, 0.05) is 38.4 Å². The summed E-state index contributed by atoms with van der Waals surface area (Å²) in [5, 5.41) is 11.6. The van der Waals surface area contributed by atoms with E-state index < -0.39 is 24.6 Å². The minimum atomic E-state index is -3.14. The van der Waals surface area contributed by atoms with E-state index in [-0.39, 0.29) is 30.4 Å². The first-order chi connectivity index (χ1) is 14.5. The molecule has 0 bridgehead atoms. The van der Waals surface area contributed by atoms with Crippen molar-refractivity contribution in [2.75, 3.05) is 32.8 Å². The number of aromatic nitrogens is 1. The molecule has 1 unspecified atom stereocenters. The first-order valence-electron chi connectivity index (χ1n) is 9.42. The Balaban J connectivity index is 1.51. The molecule has 4 heterocycles. The number of pyridine rings is 1. The second-order valence-corrected chi connectivity index (χ2v) is 9.50. The quantitative estimate of drug-likeness (QED) is 0.213. The highest BCUT2D eigenvalue weighted by Crippen LogP contribution is 2.63. The Hall–Kier alpha value is -2.43. The van der Waals surface area contributed by atoms with E-state index >= 15 is 0 Å². The van der Waals surface area contributed by atoms with Gasteiger partial charge in [-0.25, -0.2) is 14.3 Å². The maximum Gasteiger partial charge on any atom is 0.346 e. The van der Waals surface area contributed by atoms with Crippen molar-refractivity contribution >= 4 is 13.4 Å². The third-order valence-electron chi connectivity index (χ3n) is 5.06. The monoisotopic (exact) mass is 436 g/mol. The number of ether oxygens (including phenoxy) is 2. The predicted octanol–water partition coefficient (Wildman–Crippen LogP) is 3.25. The van der Waals surface area contributed by atoms with Gasteiger partial charge in [-0.05, 0) is 29.3 Å². The molecule has 0 radical (unpaired) electrons. The molecule has 1 atom stereocenters. The zero-order chi connectivity index (χ0) is 20.9. The number of hydrogen-bond donors (Lipinski definition) is 0. The third kappa shape index (κ3) is 3.59. The fourth-order valence-electron chi connectivity index (χ4n) is 3.37. The largest absolute Gasteiger partial charge is 0.445 e. The van der Waals surface area contributed by atoms with Crippen molar-refractivity contribution in [3.8, 4) is 11.5 Å². The smallest absolute Gasteiger partial charge is 0.346 e. The molecule has 3 aliphatic rings. The normalized spacial score (nSPS) is 21.2. The van der Waals surface area contributed by atoms with Crippen molar-refractivity contribution in [3.05, 3.63) is 57.7 Å². The summed E-state index contributed by atoms with van der Waals surface area (Å²) in [6.45, 7) is 3.09. The van der Waals surface area contributed by atoms with Crippen molar-refractivity contribution in [1.29, 1.82) is 0 Å². The Morgan fingerprint density at radius 2 is 1.97 bits per heavy atom. The lowest BCUT2D eigenvalue weighted by Crippen LogP contribution is -2.21. The molecule has 2 aromatic rings. The number of nitro groups is 1. The number of nitro benzene ring substituents is 1. The highest BCUT2D eigenvalue weighted by molar-refractivity contribution is 7.54. The summed E-state index contributed by atoms with van der Waals surface area (Å²) in [5.74, 6) is -1.26. The first kappa shape index (κ1) is 19.5. The summed E-state index contributed by atoms with van der Waals surface area (Å²) in [7, 11) is -3.14. The van der Waals surface area contributed by atoms with E-state index in [0.717, 1.165) is 0 Å². The number of rotatable bonds is 7. The van der Waals surface area contributed by atoms with E-state index in [0.29, 0.717) is 37.3 Å². The van der Waals surface area contributed by atoms with E-state index in [1.807, 2.05) is 0 Å². The lowest BCUT2D eigenvalue weighted by atomic mass is 9.99. The van der Waals surface area contributed by atoms with Crippen molar-refractivity contribution in [2.45, 2.75) is 12.7 Å². The van der Waals surface area contributed by atoms with E-state index in [4.69, 9.17) is 14.0 Å². The van der Waals surface area contributed by atoms with Crippen molar-refractivity contribution in [1.82, 2.24) is 14.3 Å². The van der Waals surface area contributed by atoms with Crippen LogP contribution < -0.4 is 4.74 Å². The van der Waals surface area contributed by atoms with Crippen LogP contribution in [0.5, 0.6) is 11.5 Å². The summed E-state index contributed by atoms with van der Waals surface area (Å²) in [6, 6.07) is 5.57. The van der Waals surface area contributed by atoms with Gasteiger partial charge in [-0.2, -0.15) is 4.39 Å². The summed E-state index contributed by atoms with van der Waals surface area (Å²) in [5.41, 5.74) is 0.788. The average molecular weight is 436 g/mol. The molecule has 0 N–H and O–H groups in total. The molecule has 5 rings (SSSR count). The van der Waals surface area contributed by atoms with Crippen LogP contribution in [0.15, 0.2) is 30.5 Å². The Morgan fingerprint density at radius 3 is 2.60 bits per heavy atom. The number of nitrogens with zero attached hydrogens (tertiary/aromatic N) is 4. The van der Waals surface area contributed by atoms with E-state index in [9.17, 15) is 19.1 Å². The van der Waals surface area contributed by atoms with Gasteiger partial charge in [0.25, 0.3) is 5.95 Å². The minimum Gasteiger partial charge on any atom is -0.445 e. The fraction of sp³-hybridized carbons (Fsp3) is 0.389. The predicted molar refractivity (Wildman–Crippen MR) is 102 cm³/mol. The van der Waals surface area contributed by atoms with Crippen LogP contribution in [0.3, 0.4) is 0 Å². The van der Waals surface area contributed by atoms with Gasteiger partial charge in [0.05, 0.1) is 18.1 Å². The second kappa shape index (κ2) is 7.36. The van der Waals surface area contributed by atoms with E-state index in [1.165, 1.54) is 30.5 Å². The van der Waals surface area contributed by atoms with Gasteiger partial charge in [-0.1, -0.05) is 0 Å². The number of fused-ring (bicyclic) bond motifs is 1. The maximum atomic E-state index is 13.9. The van der Waals surface area contributed by atoms with Crippen molar-refractivity contribution in [2.24, 2.45) is 0 Å². The molecule has 30 heavy (non-hydrogen) atoms. The van der Waals surface area contributed by atoms with Crippen molar-refractivity contribution < 1.29 is 27.9 Å². The third-order valence-corrected chi connectivity index (χ3v) is 7.82. The van der Waals surface area contributed by atoms with Crippen LogP contribution in [0.25, 0.3) is 0 Å². The van der Waals surface area contributed by atoms with Gasteiger partial charge >= 0.3 is 13.4 Å². The lowest BCUT2D eigenvalue weighted by molar-refractivity contribution is -0.385. The molecule has 0 aliphatic carbocycles. The molecule has 0 saturated carbocycles. The lowest BCUT2D eigenvalue weighted by Gasteiger charge is -2.30. The minimum absolute atomic E-state index is 0.144. The second-order valence-electron chi connectivity index (χ2n) is 7.18. The van der Waals surface area contributed by atoms with Crippen LogP contribution in [-0.4, -0.2) is 52.0 Å². The Morgan fingerprint density at radius 1 is 1.23 bits per heavy atom. The molecule has 12 heteroatoms. The van der Waals surface area contributed by atoms with Crippen LogP contribution in [0.1, 0.15) is 17.2 Å². The number of hydrogen-bond acceptors (Lipinski definition) is 7. The molecular weight excluding hydrogens is 418 g/mol. The average Bonchev–Trinajstić information content (AvgIpc) is 3.62. The van der Waals surface area contributed by atoms with Gasteiger partial charge in [0.1, 0.15) is 6.10 Å². The molecule has 10 nitrogen and oxygen atoms in total. The summed E-state index contributed by atoms with van der Waals surface area (Å²) < 4.78 is 48.0. The Bertz CT molecular complexity index is 1040. The topological polar surface area (TPSA) is 107 Å². The molecule has 2 fully saturated rings. The summed E-state index contributed by atoms with van der Waals surface area (Å²) >= 11 is 0. The highest BCUT2D eigenvalue weighted by atomic mass is 31.2. The van der Waals surface area contributed by atoms with E-state index in [2.05, 4.69) is 4.98 Å². The summed E-state index contributed by atoms with van der Waals surface area (Å²) in [6.07, 6.45) is 0.561. The zero-order valence-electron chi connectivity index (χ0n) is 15.8. The highest BCUT2D eigenvalue weighted by Gasteiger charge is 2.51. The first-order valence-corrected chi connectivity index (χ1v) is 11.0. The molecular formula is C18H18FN4O6P. The van der Waals surface area contributed by atoms with Crippen LogP contribution in [0.4, 0.5) is 10.1 Å². The van der Waals surface area contributed by atoms with Gasteiger partial charge < -0.3 is 9.47 Å². The number of halogens is 1. The van der Waals surface area contributed by atoms with Crippen LogP contribution in [-0.2, 0) is 20.4 Å². The fourth-order valence-corrected chi connectivity index (χ4v) is 5.69. The van der Waals surface area contributed by atoms with Crippen LogP contribution >= 0.6 is 7.67 Å². The van der Waals surface area contributed by atoms with E-state index in [1.54, 1.807) is 9.34 Å². The van der Waals surface area contributed by atoms with Gasteiger partial charge in [-0.3, -0.25) is 19.2 Å². The van der Waals surface area contributed by atoms with Crippen LogP contribution in [0.2, 0.25) is 0 Å². The van der Waals surface area contributed by atoms with Crippen LogP contribution in [0, 0.1) is 16.1 Å². The Labute approximate surface area is 170 Å². The molecule has 1 aromatic heterocycles. The molecule has 0 spiro atoms. The van der Waals surface area contributed by atoms with Gasteiger partial charge in [-0.15, -0.1) is 0 Å². The standard InChI is InChI=1S/C18H18FN4O6P/c19-18-15(2-1-3-20-18)28-16-9-13-12(8-14(16)23(24)25)10-27-11-17(13)29-30(26,21-4-5-21)22-6-7-22/h1-3,8-9,17H,4-7,10-11H2. The van der Waals surface area contributed by atoms with Crippen molar-refractivity contribution in [3.63, 3.8) is 0 Å². The zero-order valence-corrected chi connectivity index (χ0v) is 16.7. The molecule has 3 aliphatic heterocycles. The summed E-state index contributed by atoms with van der Waals surface area (Å²) in [4.78, 5) is 14.5. The van der Waals surface area contributed by atoms with Gasteiger partial charge in [0.15, 0.2) is 5.75 Å². The maximum absolute atomic E-state index is 13.9. The molecule has 0 amide bonds. The van der Waals surface area contributed by atoms with Gasteiger partial charge in [0.2, 0.25) is 5.75 Å². The SMILES string of the molecule is O=[N+]([O-])c1cc2c(cc1Oc1cccnc1F)C(OP(=O)(N1CC1)N1CC1)COC2. The molecule has 2 saturated heterocycles. The molecule has 1 aromatic carbocycles. The number of benzene rings is 1.